The predicted molar refractivity (Wildman–Crippen MR) is 135 cm³/mol. The van der Waals surface area contributed by atoms with Crippen molar-refractivity contribution >= 4 is 27.8 Å². The van der Waals surface area contributed by atoms with E-state index in [4.69, 9.17) is 9.72 Å². The molecule has 0 saturated heterocycles. The van der Waals surface area contributed by atoms with Gasteiger partial charge in [-0.25, -0.2) is 14.2 Å². The average Bonchev–Trinajstić information content (AvgIpc) is 3.32. The lowest BCUT2D eigenvalue weighted by Crippen LogP contribution is -2.05. The van der Waals surface area contributed by atoms with Crippen LogP contribution in [0.5, 0.6) is 5.75 Å². The SMILES string of the molecule is COc1cc(C(=O)O)ccc1-c1nc2c(C)c3[nH]ncc3cc2c(-c2ccc(F)cc2)c1C(C)C. The monoisotopic (exact) mass is 469 g/mol. The van der Waals surface area contributed by atoms with Crippen LogP contribution in [0.2, 0.25) is 0 Å². The molecule has 2 N–H and O–H groups in total. The van der Waals surface area contributed by atoms with Crippen molar-refractivity contribution in [3.8, 4) is 28.1 Å². The van der Waals surface area contributed by atoms with Crippen molar-refractivity contribution in [3.63, 3.8) is 0 Å². The van der Waals surface area contributed by atoms with Crippen LogP contribution in [0.4, 0.5) is 4.39 Å². The number of aromatic amines is 1. The van der Waals surface area contributed by atoms with Crippen molar-refractivity contribution in [2.45, 2.75) is 26.7 Å². The first-order valence-corrected chi connectivity index (χ1v) is 11.3. The van der Waals surface area contributed by atoms with Crippen LogP contribution in [0, 0.1) is 12.7 Å². The fourth-order valence-electron chi connectivity index (χ4n) is 4.73. The van der Waals surface area contributed by atoms with Crippen LogP contribution < -0.4 is 4.74 Å². The number of hydrogen-bond acceptors (Lipinski definition) is 4. The van der Waals surface area contributed by atoms with E-state index in [-0.39, 0.29) is 17.3 Å². The van der Waals surface area contributed by atoms with Gasteiger partial charge in [0.05, 0.1) is 35.6 Å². The van der Waals surface area contributed by atoms with E-state index in [1.54, 1.807) is 30.5 Å². The van der Waals surface area contributed by atoms with Gasteiger partial charge in [0.1, 0.15) is 11.6 Å². The molecule has 2 aromatic heterocycles. The molecule has 35 heavy (non-hydrogen) atoms. The van der Waals surface area contributed by atoms with Gasteiger partial charge >= 0.3 is 5.97 Å². The van der Waals surface area contributed by atoms with Gasteiger partial charge in [-0.3, -0.25) is 5.10 Å². The maximum absolute atomic E-state index is 13.9. The number of carboxylic acids is 1. The highest BCUT2D eigenvalue weighted by atomic mass is 19.1. The Balaban J connectivity index is 1.97. The van der Waals surface area contributed by atoms with Crippen molar-refractivity contribution in [1.29, 1.82) is 0 Å². The summed E-state index contributed by atoms with van der Waals surface area (Å²) in [5, 5.41) is 18.6. The summed E-state index contributed by atoms with van der Waals surface area (Å²) >= 11 is 0. The minimum Gasteiger partial charge on any atom is -0.496 e. The maximum Gasteiger partial charge on any atom is 0.335 e. The summed E-state index contributed by atoms with van der Waals surface area (Å²) in [4.78, 5) is 16.7. The number of fused-ring (bicyclic) bond motifs is 2. The smallest absolute Gasteiger partial charge is 0.335 e. The van der Waals surface area contributed by atoms with Gasteiger partial charge in [-0.2, -0.15) is 5.10 Å². The third-order valence-corrected chi connectivity index (χ3v) is 6.39. The normalized spacial score (nSPS) is 11.5. The number of aryl methyl sites for hydroxylation is 1. The Labute approximate surface area is 201 Å². The highest BCUT2D eigenvalue weighted by Gasteiger charge is 2.24. The summed E-state index contributed by atoms with van der Waals surface area (Å²) in [7, 11) is 1.51. The standard InChI is InChI=1S/C28H24FN3O3/c1-14(2)23-24(16-5-8-19(29)9-6-16)21-11-18-13-30-32-25(18)15(3)26(21)31-27(23)20-10-7-17(28(33)34)12-22(20)35-4/h5-14H,1-4H3,(H,30,32)(H,33,34). The van der Waals surface area contributed by atoms with Crippen molar-refractivity contribution in [2.24, 2.45) is 0 Å². The van der Waals surface area contributed by atoms with E-state index >= 15 is 0 Å². The largest absolute Gasteiger partial charge is 0.496 e. The number of nitrogens with zero attached hydrogens (tertiary/aromatic N) is 2. The number of halogens is 1. The Morgan fingerprint density at radius 2 is 1.86 bits per heavy atom. The third-order valence-electron chi connectivity index (χ3n) is 6.39. The van der Waals surface area contributed by atoms with Gasteiger partial charge in [-0.1, -0.05) is 26.0 Å². The summed E-state index contributed by atoms with van der Waals surface area (Å²) in [5.41, 5.74) is 6.92. The first kappa shape index (κ1) is 22.5. The number of rotatable bonds is 5. The number of aromatic nitrogens is 3. The fourth-order valence-corrected chi connectivity index (χ4v) is 4.73. The number of pyridine rings is 1. The first-order valence-electron chi connectivity index (χ1n) is 11.3. The minimum absolute atomic E-state index is 0.0474. The second-order valence-electron chi connectivity index (χ2n) is 8.86. The number of benzene rings is 3. The average molecular weight is 470 g/mol. The molecule has 0 amide bonds. The lowest BCUT2D eigenvalue weighted by atomic mass is 9.85. The first-order chi connectivity index (χ1) is 16.8. The zero-order valence-electron chi connectivity index (χ0n) is 19.8. The summed E-state index contributed by atoms with van der Waals surface area (Å²) in [6.45, 7) is 6.16. The van der Waals surface area contributed by atoms with Crippen LogP contribution in [-0.2, 0) is 0 Å². The molecule has 0 aliphatic carbocycles. The molecule has 7 heteroatoms. The molecule has 2 heterocycles. The molecule has 0 aliphatic rings. The van der Waals surface area contributed by atoms with Crippen LogP contribution in [0.3, 0.4) is 0 Å². The number of aromatic carboxylic acids is 1. The van der Waals surface area contributed by atoms with Crippen molar-refractivity contribution < 1.29 is 19.0 Å². The van der Waals surface area contributed by atoms with E-state index in [0.29, 0.717) is 17.0 Å². The number of nitrogens with one attached hydrogen (secondary N) is 1. The zero-order valence-corrected chi connectivity index (χ0v) is 19.8. The van der Waals surface area contributed by atoms with E-state index in [2.05, 4.69) is 30.1 Å². The molecule has 0 radical (unpaired) electrons. The Morgan fingerprint density at radius 1 is 1.11 bits per heavy atom. The van der Waals surface area contributed by atoms with Gasteiger partial charge < -0.3 is 9.84 Å². The number of hydrogen-bond donors (Lipinski definition) is 2. The van der Waals surface area contributed by atoms with Crippen molar-refractivity contribution in [3.05, 3.63) is 77.2 Å². The molecule has 5 rings (SSSR count). The molecule has 0 bridgehead atoms. The Hall–Kier alpha value is -4.26. The summed E-state index contributed by atoms with van der Waals surface area (Å²) in [5.74, 6) is -0.872. The van der Waals surface area contributed by atoms with Gasteiger partial charge in [0.15, 0.2) is 0 Å². The molecule has 5 aromatic rings. The maximum atomic E-state index is 13.9. The molecule has 0 spiro atoms. The number of methoxy groups -OCH3 is 1. The molecule has 0 saturated carbocycles. The van der Waals surface area contributed by atoms with Crippen LogP contribution >= 0.6 is 0 Å². The molecule has 0 fully saturated rings. The van der Waals surface area contributed by atoms with Crippen LogP contribution in [-0.4, -0.2) is 33.4 Å². The van der Waals surface area contributed by atoms with Crippen LogP contribution in [0.1, 0.15) is 41.3 Å². The zero-order chi connectivity index (χ0) is 24.9. The van der Waals surface area contributed by atoms with E-state index in [1.165, 1.54) is 25.3 Å². The van der Waals surface area contributed by atoms with Gasteiger partial charge in [-0.15, -0.1) is 0 Å². The summed E-state index contributed by atoms with van der Waals surface area (Å²) in [6.07, 6.45) is 1.78. The van der Waals surface area contributed by atoms with E-state index in [1.807, 2.05) is 6.92 Å². The number of H-pyrrole nitrogens is 1. The molecular formula is C28H24FN3O3. The van der Waals surface area contributed by atoms with Gasteiger partial charge in [0.2, 0.25) is 0 Å². The number of carboxylic acid groups (broad SMARTS) is 1. The lowest BCUT2D eigenvalue weighted by Gasteiger charge is -2.22. The van der Waals surface area contributed by atoms with Gasteiger partial charge in [0.25, 0.3) is 0 Å². The van der Waals surface area contributed by atoms with E-state index in [9.17, 15) is 14.3 Å². The second-order valence-corrected chi connectivity index (χ2v) is 8.86. The van der Waals surface area contributed by atoms with Crippen LogP contribution in [0.15, 0.2) is 54.7 Å². The van der Waals surface area contributed by atoms with E-state index < -0.39 is 5.97 Å². The lowest BCUT2D eigenvalue weighted by molar-refractivity contribution is 0.0696. The molecule has 0 unspecified atom stereocenters. The predicted octanol–water partition coefficient (Wildman–Crippen LogP) is 6.72. The fraction of sp³-hybridized carbons (Fsp3) is 0.179. The topological polar surface area (TPSA) is 88.1 Å². The third kappa shape index (κ3) is 3.69. The molecule has 0 atom stereocenters. The Bertz CT molecular complexity index is 1600. The molecule has 0 aliphatic heterocycles. The number of carbonyl (C=O) groups is 1. The quantitative estimate of drug-likeness (QED) is 0.298. The van der Waals surface area contributed by atoms with Gasteiger partial charge in [0, 0.05) is 21.9 Å². The molecule has 176 valence electrons. The molecule has 6 nitrogen and oxygen atoms in total. The summed E-state index contributed by atoms with van der Waals surface area (Å²) < 4.78 is 19.5. The van der Waals surface area contributed by atoms with Crippen LogP contribution in [0.25, 0.3) is 44.2 Å². The molecule has 3 aromatic carbocycles. The highest BCUT2D eigenvalue weighted by Crippen LogP contribution is 2.44. The highest BCUT2D eigenvalue weighted by molar-refractivity contribution is 6.07. The Morgan fingerprint density at radius 3 is 2.51 bits per heavy atom. The van der Waals surface area contributed by atoms with E-state index in [0.717, 1.165) is 44.1 Å². The second kappa shape index (κ2) is 8.51. The summed E-state index contributed by atoms with van der Waals surface area (Å²) in [6, 6.07) is 13.3. The van der Waals surface area contributed by atoms with Gasteiger partial charge in [-0.05, 0) is 65.9 Å². The Kier molecular flexibility index (Phi) is 5.47. The molecular weight excluding hydrogens is 445 g/mol. The number of ether oxygens (including phenoxy) is 1. The van der Waals surface area contributed by atoms with Crippen molar-refractivity contribution in [1.82, 2.24) is 15.2 Å². The minimum atomic E-state index is -1.03. The van der Waals surface area contributed by atoms with Crippen molar-refractivity contribution in [2.75, 3.05) is 7.11 Å².